The van der Waals surface area contributed by atoms with Crippen LogP contribution in [0.25, 0.3) is 0 Å². The van der Waals surface area contributed by atoms with Crippen LogP contribution in [0.4, 0.5) is 4.39 Å². The molecule has 0 radical (unpaired) electrons. The molecule has 1 nitrogen and oxygen atoms in total. The van der Waals surface area contributed by atoms with Crippen molar-refractivity contribution >= 4 is 11.8 Å². The lowest BCUT2D eigenvalue weighted by atomic mass is 10.2. The first kappa shape index (κ1) is 11.0. The molecule has 0 aliphatic heterocycles. The van der Waals surface area contributed by atoms with Crippen LogP contribution < -0.4 is 5.32 Å². The predicted octanol–water partition coefficient (Wildman–Crippen LogP) is 3.19. The Labute approximate surface area is 94.5 Å². The fourth-order valence-corrected chi connectivity index (χ4v) is 2.36. The average molecular weight is 225 g/mol. The summed E-state index contributed by atoms with van der Waals surface area (Å²) in [5, 5.41) is 3.36. The van der Waals surface area contributed by atoms with E-state index in [9.17, 15) is 4.39 Å². The van der Waals surface area contributed by atoms with E-state index in [1.54, 1.807) is 23.9 Å². The molecule has 15 heavy (non-hydrogen) atoms. The third kappa shape index (κ3) is 2.95. The van der Waals surface area contributed by atoms with Crippen molar-refractivity contribution in [2.75, 3.05) is 5.75 Å². The lowest BCUT2D eigenvalue weighted by molar-refractivity contribution is 0.579. The Balaban J connectivity index is 2.09. The zero-order valence-corrected chi connectivity index (χ0v) is 9.74. The van der Waals surface area contributed by atoms with Crippen molar-refractivity contribution in [3.8, 4) is 0 Å². The van der Waals surface area contributed by atoms with E-state index in [0.29, 0.717) is 12.6 Å². The Hall–Kier alpha value is -0.540. The molecule has 3 heteroatoms. The summed E-state index contributed by atoms with van der Waals surface area (Å²) in [5.41, 5.74) is 0.830. The van der Waals surface area contributed by atoms with E-state index in [0.717, 1.165) is 16.2 Å². The van der Waals surface area contributed by atoms with Crippen LogP contribution in [0.1, 0.15) is 25.3 Å². The molecule has 82 valence electrons. The summed E-state index contributed by atoms with van der Waals surface area (Å²) in [5.74, 6) is 0.904. The van der Waals surface area contributed by atoms with Crippen molar-refractivity contribution in [3.05, 3.63) is 29.6 Å². The second kappa shape index (κ2) is 4.99. The molecule has 0 saturated heterocycles. The number of nitrogens with one attached hydrogen (secondary N) is 1. The average Bonchev–Trinajstić information content (AvgIpc) is 3.01. The molecule has 1 aliphatic carbocycles. The number of halogens is 1. The predicted molar refractivity (Wildman–Crippen MR) is 62.7 cm³/mol. The minimum atomic E-state index is -0.0819. The van der Waals surface area contributed by atoms with Gasteiger partial charge in [0.25, 0.3) is 0 Å². The molecule has 0 spiro atoms. The molecule has 1 saturated carbocycles. The maximum absolute atomic E-state index is 13.6. The number of benzene rings is 1. The standard InChI is InChI=1S/C12H16FNS/c1-2-15-12-5-3-4-11(13)10(12)8-14-9-6-7-9/h3-5,9,14H,2,6-8H2,1H3. The number of hydrogen-bond donors (Lipinski definition) is 1. The van der Waals surface area contributed by atoms with E-state index in [1.165, 1.54) is 12.8 Å². The van der Waals surface area contributed by atoms with Crippen LogP contribution in [-0.4, -0.2) is 11.8 Å². The molecular formula is C12H16FNS. The molecule has 0 aromatic heterocycles. The topological polar surface area (TPSA) is 12.0 Å². The van der Waals surface area contributed by atoms with Gasteiger partial charge in [0, 0.05) is 23.0 Å². The van der Waals surface area contributed by atoms with Gasteiger partial charge in [-0.2, -0.15) is 0 Å². The molecule has 1 aliphatic rings. The monoisotopic (exact) mass is 225 g/mol. The fraction of sp³-hybridized carbons (Fsp3) is 0.500. The van der Waals surface area contributed by atoms with E-state index >= 15 is 0 Å². The Morgan fingerprint density at radius 2 is 2.27 bits per heavy atom. The summed E-state index contributed by atoms with van der Waals surface area (Å²) in [6.07, 6.45) is 2.48. The van der Waals surface area contributed by atoms with Crippen LogP contribution >= 0.6 is 11.8 Å². The van der Waals surface area contributed by atoms with Crippen LogP contribution in [0.3, 0.4) is 0 Å². The van der Waals surface area contributed by atoms with E-state index in [-0.39, 0.29) is 5.82 Å². The van der Waals surface area contributed by atoms with Crippen LogP contribution in [0, 0.1) is 5.82 Å². The second-order valence-corrected chi connectivity index (χ2v) is 5.11. The van der Waals surface area contributed by atoms with E-state index in [4.69, 9.17) is 0 Å². The molecule has 1 aromatic carbocycles. The SMILES string of the molecule is CCSc1cccc(F)c1CNC1CC1. The molecule has 0 bridgehead atoms. The lowest BCUT2D eigenvalue weighted by Gasteiger charge is -2.10. The van der Waals surface area contributed by atoms with Crippen molar-refractivity contribution in [3.63, 3.8) is 0 Å². The molecule has 1 aromatic rings. The first-order valence-electron chi connectivity index (χ1n) is 5.45. The summed E-state index contributed by atoms with van der Waals surface area (Å²) in [6.45, 7) is 2.76. The lowest BCUT2D eigenvalue weighted by Crippen LogP contribution is -2.16. The first-order chi connectivity index (χ1) is 7.31. The van der Waals surface area contributed by atoms with Gasteiger partial charge in [0.15, 0.2) is 0 Å². The normalized spacial score (nSPS) is 15.6. The van der Waals surface area contributed by atoms with Crippen LogP contribution in [0.5, 0.6) is 0 Å². The smallest absolute Gasteiger partial charge is 0.128 e. The van der Waals surface area contributed by atoms with Gasteiger partial charge >= 0.3 is 0 Å². The van der Waals surface area contributed by atoms with Crippen molar-refractivity contribution < 1.29 is 4.39 Å². The molecule has 0 amide bonds. The summed E-state index contributed by atoms with van der Waals surface area (Å²) in [6, 6.07) is 5.96. The summed E-state index contributed by atoms with van der Waals surface area (Å²) in [7, 11) is 0. The van der Waals surface area contributed by atoms with Crippen LogP contribution in [0.2, 0.25) is 0 Å². The van der Waals surface area contributed by atoms with Gasteiger partial charge in [-0.3, -0.25) is 0 Å². The van der Waals surface area contributed by atoms with Gasteiger partial charge in [-0.1, -0.05) is 13.0 Å². The molecular weight excluding hydrogens is 209 g/mol. The van der Waals surface area contributed by atoms with Crippen molar-refractivity contribution in [1.82, 2.24) is 5.32 Å². The van der Waals surface area contributed by atoms with Gasteiger partial charge in [-0.15, -0.1) is 11.8 Å². The molecule has 0 heterocycles. The molecule has 1 N–H and O–H groups in total. The van der Waals surface area contributed by atoms with Gasteiger partial charge in [-0.05, 0) is 30.7 Å². The van der Waals surface area contributed by atoms with Crippen molar-refractivity contribution in [1.29, 1.82) is 0 Å². The summed E-state index contributed by atoms with van der Waals surface area (Å²) < 4.78 is 13.6. The van der Waals surface area contributed by atoms with Crippen LogP contribution in [-0.2, 0) is 6.54 Å². The molecule has 2 rings (SSSR count). The highest BCUT2D eigenvalue weighted by atomic mass is 32.2. The quantitative estimate of drug-likeness (QED) is 0.772. The van der Waals surface area contributed by atoms with Gasteiger partial charge in [-0.25, -0.2) is 4.39 Å². The Morgan fingerprint density at radius 3 is 2.93 bits per heavy atom. The van der Waals surface area contributed by atoms with Gasteiger partial charge in [0.1, 0.15) is 5.82 Å². The van der Waals surface area contributed by atoms with Gasteiger partial charge < -0.3 is 5.32 Å². The molecule has 0 unspecified atom stereocenters. The minimum Gasteiger partial charge on any atom is -0.310 e. The second-order valence-electron chi connectivity index (χ2n) is 3.80. The van der Waals surface area contributed by atoms with Gasteiger partial charge in [0.05, 0.1) is 0 Å². The third-order valence-electron chi connectivity index (χ3n) is 2.52. The largest absolute Gasteiger partial charge is 0.310 e. The molecule has 0 atom stereocenters. The van der Waals surface area contributed by atoms with Crippen molar-refractivity contribution in [2.45, 2.75) is 37.2 Å². The van der Waals surface area contributed by atoms with Crippen LogP contribution in [0.15, 0.2) is 23.1 Å². The highest BCUT2D eigenvalue weighted by Crippen LogP contribution is 2.26. The Morgan fingerprint density at radius 1 is 1.47 bits per heavy atom. The highest BCUT2D eigenvalue weighted by molar-refractivity contribution is 7.99. The summed E-state index contributed by atoms with van der Waals surface area (Å²) >= 11 is 1.71. The maximum atomic E-state index is 13.6. The Kier molecular flexibility index (Phi) is 3.65. The number of rotatable bonds is 5. The minimum absolute atomic E-state index is 0.0819. The van der Waals surface area contributed by atoms with Crippen molar-refractivity contribution in [2.24, 2.45) is 0 Å². The van der Waals surface area contributed by atoms with E-state index in [2.05, 4.69) is 12.2 Å². The third-order valence-corrected chi connectivity index (χ3v) is 3.50. The van der Waals surface area contributed by atoms with Gasteiger partial charge in [0.2, 0.25) is 0 Å². The maximum Gasteiger partial charge on any atom is 0.128 e. The highest BCUT2D eigenvalue weighted by Gasteiger charge is 2.21. The van der Waals surface area contributed by atoms with E-state index in [1.807, 2.05) is 6.07 Å². The summed E-state index contributed by atoms with van der Waals surface area (Å²) in [4.78, 5) is 1.07. The first-order valence-corrected chi connectivity index (χ1v) is 6.43. The zero-order chi connectivity index (χ0) is 10.7. The number of thioether (sulfide) groups is 1. The molecule has 1 fully saturated rings. The Bertz CT molecular complexity index is 336. The van der Waals surface area contributed by atoms with E-state index < -0.39 is 0 Å². The number of hydrogen-bond acceptors (Lipinski definition) is 2. The fourth-order valence-electron chi connectivity index (χ4n) is 1.54. The zero-order valence-electron chi connectivity index (χ0n) is 8.92.